The molecule has 1 aromatic heterocycles. The van der Waals surface area contributed by atoms with Crippen molar-refractivity contribution in [3.8, 4) is 11.3 Å². The van der Waals surface area contributed by atoms with E-state index in [9.17, 15) is 9.59 Å². The number of nitrogens with one attached hydrogen (secondary N) is 1. The van der Waals surface area contributed by atoms with E-state index in [-0.39, 0.29) is 24.7 Å². The predicted molar refractivity (Wildman–Crippen MR) is 119 cm³/mol. The van der Waals surface area contributed by atoms with Crippen LogP contribution in [0.5, 0.6) is 0 Å². The molecule has 0 fully saturated rings. The lowest BCUT2D eigenvalue weighted by atomic mass is 10.1. The average molecular weight is 419 g/mol. The minimum atomic E-state index is -0.188. The van der Waals surface area contributed by atoms with Gasteiger partial charge in [-0.1, -0.05) is 42.5 Å². The second-order valence-electron chi connectivity index (χ2n) is 7.06. The van der Waals surface area contributed by atoms with Crippen LogP contribution in [0.2, 0.25) is 0 Å². The van der Waals surface area contributed by atoms with Crippen molar-refractivity contribution in [2.75, 3.05) is 11.9 Å². The van der Waals surface area contributed by atoms with Crippen LogP contribution < -0.4 is 5.32 Å². The molecular formula is C23H22N4O2S. The molecule has 2 heterocycles. The van der Waals surface area contributed by atoms with Crippen molar-refractivity contribution in [1.29, 1.82) is 0 Å². The molecular weight excluding hydrogens is 396 g/mol. The molecule has 0 spiro atoms. The van der Waals surface area contributed by atoms with Crippen molar-refractivity contribution in [1.82, 2.24) is 9.99 Å². The molecule has 0 aliphatic carbocycles. The number of carbonyl (C=O) groups excluding carboxylic acids is 2. The number of aromatic nitrogens is 1. The molecule has 1 N–H and O–H groups in total. The number of hydrazone groups is 1. The first-order valence-corrected chi connectivity index (χ1v) is 10.7. The van der Waals surface area contributed by atoms with Crippen LogP contribution in [0.15, 0.2) is 65.1 Å². The summed E-state index contributed by atoms with van der Waals surface area (Å²) in [5.74, 6) is -0.322. The van der Waals surface area contributed by atoms with Crippen LogP contribution in [-0.2, 0) is 9.59 Å². The van der Waals surface area contributed by atoms with E-state index in [0.29, 0.717) is 12.2 Å². The molecule has 0 unspecified atom stereocenters. The summed E-state index contributed by atoms with van der Waals surface area (Å²) in [7, 11) is 0. The lowest BCUT2D eigenvalue weighted by Crippen LogP contribution is -2.24. The molecule has 1 aliphatic heterocycles. The summed E-state index contributed by atoms with van der Waals surface area (Å²) in [5, 5.41) is 11.8. The van der Waals surface area contributed by atoms with E-state index in [4.69, 9.17) is 0 Å². The highest BCUT2D eigenvalue weighted by Gasteiger charge is 2.21. The normalized spacial score (nSPS) is 13.2. The Morgan fingerprint density at radius 3 is 2.50 bits per heavy atom. The van der Waals surface area contributed by atoms with E-state index in [1.54, 1.807) is 11.3 Å². The van der Waals surface area contributed by atoms with E-state index in [0.717, 1.165) is 34.0 Å². The summed E-state index contributed by atoms with van der Waals surface area (Å²) in [6.07, 6.45) is 0.985. The fourth-order valence-electron chi connectivity index (χ4n) is 3.26. The summed E-state index contributed by atoms with van der Waals surface area (Å²) in [6.45, 7) is 2.53. The molecule has 4 rings (SSSR count). The number of aryl methyl sites for hydroxylation is 1. The van der Waals surface area contributed by atoms with Gasteiger partial charge >= 0.3 is 0 Å². The Balaban J connectivity index is 1.27. The maximum absolute atomic E-state index is 12.4. The molecule has 0 saturated carbocycles. The summed E-state index contributed by atoms with van der Waals surface area (Å²) in [6, 6.07) is 17.4. The van der Waals surface area contributed by atoms with Crippen LogP contribution in [0.25, 0.3) is 11.3 Å². The number of hydrogen-bond acceptors (Lipinski definition) is 5. The van der Waals surface area contributed by atoms with Gasteiger partial charge in [-0.15, -0.1) is 11.3 Å². The average Bonchev–Trinajstić information content (AvgIpc) is 3.43. The first kappa shape index (κ1) is 20.0. The van der Waals surface area contributed by atoms with Crippen molar-refractivity contribution in [3.05, 3.63) is 70.5 Å². The monoisotopic (exact) mass is 418 g/mol. The lowest BCUT2D eigenvalue weighted by molar-refractivity contribution is -0.132. The molecule has 7 heteroatoms. The van der Waals surface area contributed by atoms with Crippen molar-refractivity contribution < 1.29 is 9.59 Å². The first-order valence-electron chi connectivity index (χ1n) is 9.84. The van der Waals surface area contributed by atoms with E-state index in [1.165, 1.54) is 5.01 Å². The zero-order valence-electron chi connectivity index (χ0n) is 16.7. The van der Waals surface area contributed by atoms with Crippen LogP contribution in [0.3, 0.4) is 0 Å². The van der Waals surface area contributed by atoms with Crippen LogP contribution in [0.1, 0.15) is 29.8 Å². The van der Waals surface area contributed by atoms with Gasteiger partial charge in [0.25, 0.3) is 0 Å². The van der Waals surface area contributed by atoms with Crippen LogP contribution in [0, 0.1) is 6.92 Å². The Morgan fingerprint density at radius 1 is 1.03 bits per heavy atom. The third-order valence-electron chi connectivity index (χ3n) is 4.85. The Hall–Kier alpha value is -3.32. The first-order chi connectivity index (χ1) is 14.6. The molecule has 0 bridgehead atoms. The Bertz CT molecular complexity index is 1070. The van der Waals surface area contributed by atoms with Crippen molar-refractivity contribution in [3.63, 3.8) is 0 Å². The summed E-state index contributed by atoms with van der Waals surface area (Å²) in [4.78, 5) is 29.1. The van der Waals surface area contributed by atoms with Gasteiger partial charge in [-0.05, 0) is 24.6 Å². The highest BCUT2D eigenvalue weighted by atomic mass is 32.1. The second kappa shape index (κ2) is 9.00. The zero-order valence-corrected chi connectivity index (χ0v) is 17.5. The van der Waals surface area contributed by atoms with Crippen LogP contribution in [0.4, 0.5) is 5.69 Å². The van der Waals surface area contributed by atoms with E-state index in [2.05, 4.69) is 15.4 Å². The van der Waals surface area contributed by atoms with Gasteiger partial charge in [-0.3, -0.25) is 9.59 Å². The number of carbonyl (C=O) groups is 2. The molecule has 0 atom stereocenters. The largest absolute Gasteiger partial charge is 0.326 e. The smallest absolute Gasteiger partial charge is 0.243 e. The highest BCUT2D eigenvalue weighted by Crippen LogP contribution is 2.23. The maximum atomic E-state index is 12.4. The Morgan fingerprint density at radius 2 is 1.80 bits per heavy atom. The molecule has 6 nitrogen and oxygen atoms in total. The summed E-state index contributed by atoms with van der Waals surface area (Å²) in [5.41, 5.74) is 4.58. The van der Waals surface area contributed by atoms with Crippen molar-refractivity contribution >= 4 is 34.6 Å². The van der Waals surface area contributed by atoms with Crippen LogP contribution in [-0.4, -0.2) is 34.1 Å². The van der Waals surface area contributed by atoms with E-state index in [1.807, 2.05) is 66.9 Å². The fourth-order valence-corrected chi connectivity index (χ4v) is 3.89. The summed E-state index contributed by atoms with van der Waals surface area (Å²) < 4.78 is 0. The van der Waals surface area contributed by atoms with Gasteiger partial charge in [-0.25, -0.2) is 9.99 Å². The molecule has 152 valence electrons. The minimum Gasteiger partial charge on any atom is -0.326 e. The molecule has 2 aromatic carbocycles. The van der Waals surface area contributed by atoms with Crippen molar-refractivity contribution in [2.24, 2.45) is 5.10 Å². The fraction of sp³-hybridized carbons (Fsp3) is 0.217. The number of anilines is 1. The number of hydrogen-bond donors (Lipinski definition) is 1. The molecule has 3 aromatic rings. The second-order valence-corrected chi connectivity index (χ2v) is 8.12. The van der Waals surface area contributed by atoms with Crippen molar-refractivity contribution in [2.45, 2.75) is 26.2 Å². The number of thiazole rings is 1. The molecule has 0 saturated heterocycles. The van der Waals surface area contributed by atoms with Gasteiger partial charge in [0.15, 0.2) is 0 Å². The highest BCUT2D eigenvalue weighted by molar-refractivity contribution is 7.09. The predicted octanol–water partition coefficient (Wildman–Crippen LogP) is 4.47. The zero-order chi connectivity index (χ0) is 20.9. The van der Waals surface area contributed by atoms with E-state index < -0.39 is 0 Å². The molecule has 0 radical (unpaired) electrons. The standard InChI is InChI=1S/C23H22N4O2S/c1-16-24-21(15-30-16)18-7-9-19(10-8-18)25-22(28)11-12-23(29)27-14-13-20(26-27)17-5-3-2-4-6-17/h2-10,15H,11-14H2,1H3,(H,25,28). The molecule has 30 heavy (non-hydrogen) atoms. The van der Waals surface area contributed by atoms with Gasteiger partial charge in [0.05, 0.1) is 23.0 Å². The number of nitrogens with zero attached hydrogens (tertiary/aromatic N) is 3. The summed E-state index contributed by atoms with van der Waals surface area (Å²) >= 11 is 1.61. The topological polar surface area (TPSA) is 74.7 Å². The van der Waals surface area contributed by atoms with E-state index >= 15 is 0 Å². The number of amides is 2. The van der Waals surface area contributed by atoms with Gasteiger partial charge in [0, 0.05) is 35.9 Å². The van der Waals surface area contributed by atoms with Gasteiger partial charge in [0.1, 0.15) is 0 Å². The van der Waals surface area contributed by atoms with Gasteiger partial charge in [0.2, 0.25) is 11.8 Å². The Labute approximate surface area is 179 Å². The SMILES string of the molecule is Cc1nc(-c2ccc(NC(=O)CCC(=O)N3CCC(c4ccccc4)=N3)cc2)cs1. The number of benzene rings is 2. The van der Waals surface area contributed by atoms with Gasteiger partial charge < -0.3 is 5.32 Å². The van der Waals surface area contributed by atoms with Crippen LogP contribution >= 0.6 is 11.3 Å². The number of rotatable bonds is 6. The molecule has 2 amide bonds. The Kier molecular flexibility index (Phi) is 5.99. The third kappa shape index (κ3) is 4.80. The maximum Gasteiger partial charge on any atom is 0.243 e. The van der Waals surface area contributed by atoms with Gasteiger partial charge in [-0.2, -0.15) is 5.10 Å². The minimum absolute atomic E-state index is 0.124. The lowest BCUT2D eigenvalue weighted by Gasteiger charge is -2.11. The molecule has 1 aliphatic rings. The third-order valence-corrected chi connectivity index (χ3v) is 5.62. The quantitative estimate of drug-likeness (QED) is 0.642.